The summed E-state index contributed by atoms with van der Waals surface area (Å²) in [6.07, 6.45) is -6.92. The zero-order chi connectivity index (χ0) is 21.3. The maximum atomic E-state index is 14.2. The molecule has 8 heteroatoms. The monoisotopic (exact) mass is 414 g/mol. The summed E-state index contributed by atoms with van der Waals surface area (Å²) in [6, 6.07) is 12.4. The predicted molar refractivity (Wildman–Crippen MR) is 98.2 cm³/mol. The molecule has 2 aromatic carbocycles. The van der Waals surface area contributed by atoms with Crippen LogP contribution >= 0.6 is 0 Å². The zero-order valence-electron chi connectivity index (χ0n) is 15.9. The number of ether oxygens (including phenoxy) is 3. The lowest BCUT2D eigenvalue weighted by atomic mass is 10.1. The molecule has 0 heterocycles. The Morgan fingerprint density at radius 1 is 1.07 bits per heavy atom. The molecule has 1 atom stereocenters. The third-order valence-corrected chi connectivity index (χ3v) is 4.09. The smallest absolute Gasteiger partial charge is 0.425 e. The highest BCUT2D eigenvalue weighted by Gasteiger charge is 2.42. The first kappa shape index (κ1) is 22.7. The fourth-order valence-electron chi connectivity index (χ4n) is 2.55. The van der Waals surface area contributed by atoms with Crippen LogP contribution < -0.4 is 4.74 Å². The average molecular weight is 414 g/mol. The van der Waals surface area contributed by atoms with E-state index in [1.807, 2.05) is 30.3 Å². The highest BCUT2D eigenvalue weighted by molar-refractivity contribution is 5.90. The second-order valence-electron chi connectivity index (χ2n) is 6.34. The van der Waals surface area contributed by atoms with Gasteiger partial charge in [-0.25, -0.2) is 9.18 Å². The van der Waals surface area contributed by atoms with E-state index in [0.29, 0.717) is 13.0 Å². The largest absolute Gasteiger partial charge is 0.489 e. The molecule has 2 aromatic rings. The first-order valence-electron chi connectivity index (χ1n) is 9.04. The summed E-state index contributed by atoms with van der Waals surface area (Å²) < 4.78 is 68.3. The average Bonchev–Trinajstić information content (AvgIpc) is 2.68. The number of benzene rings is 2. The van der Waals surface area contributed by atoms with Crippen LogP contribution in [0.3, 0.4) is 0 Å². The SMILES string of the molecule is COCCCC[C@@H](OC(=O)c1ccc(OCc2ccccc2)cc1F)C(F)(F)F. The van der Waals surface area contributed by atoms with Gasteiger partial charge in [0, 0.05) is 19.8 Å². The van der Waals surface area contributed by atoms with Crippen molar-refractivity contribution >= 4 is 5.97 Å². The number of carbonyl (C=O) groups is 1. The van der Waals surface area contributed by atoms with Crippen LogP contribution in [0.5, 0.6) is 5.75 Å². The molecular weight excluding hydrogens is 392 g/mol. The molecule has 0 radical (unpaired) electrons. The van der Waals surface area contributed by atoms with Crippen LogP contribution in [0.1, 0.15) is 35.2 Å². The molecule has 0 bridgehead atoms. The number of esters is 1. The minimum Gasteiger partial charge on any atom is -0.489 e. The summed E-state index contributed by atoms with van der Waals surface area (Å²) in [6.45, 7) is 0.485. The van der Waals surface area contributed by atoms with E-state index in [-0.39, 0.29) is 18.8 Å². The van der Waals surface area contributed by atoms with Gasteiger partial charge in [-0.15, -0.1) is 0 Å². The van der Waals surface area contributed by atoms with Gasteiger partial charge in [-0.1, -0.05) is 30.3 Å². The fraction of sp³-hybridized carbons (Fsp3) is 0.381. The Morgan fingerprint density at radius 2 is 1.79 bits per heavy atom. The number of hydrogen-bond donors (Lipinski definition) is 0. The Morgan fingerprint density at radius 3 is 2.41 bits per heavy atom. The number of rotatable bonds is 10. The predicted octanol–water partition coefficient (Wildman–Crippen LogP) is 5.31. The van der Waals surface area contributed by atoms with Crippen molar-refractivity contribution in [1.29, 1.82) is 0 Å². The molecule has 0 aliphatic carbocycles. The highest BCUT2D eigenvalue weighted by Crippen LogP contribution is 2.28. The van der Waals surface area contributed by atoms with Crippen LogP contribution in [0.25, 0.3) is 0 Å². The molecule has 0 unspecified atom stereocenters. The van der Waals surface area contributed by atoms with Crippen LogP contribution in [0, 0.1) is 5.82 Å². The van der Waals surface area contributed by atoms with Gasteiger partial charge in [0.15, 0.2) is 6.10 Å². The van der Waals surface area contributed by atoms with E-state index in [2.05, 4.69) is 4.74 Å². The molecule has 4 nitrogen and oxygen atoms in total. The number of carbonyl (C=O) groups excluding carboxylic acids is 1. The molecule has 2 rings (SSSR count). The van der Waals surface area contributed by atoms with Gasteiger partial charge in [0.05, 0.1) is 5.56 Å². The van der Waals surface area contributed by atoms with Gasteiger partial charge in [-0.2, -0.15) is 13.2 Å². The maximum Gasteiger partial charge on any atom is 0.425 e. The molecule has 29 heavy (non-hydrogen) atoms. The Balaban J connectivity index is 1.99. The molecule has 0 spiro atoms. The molecule has 0 amide bonds. The second kappa shape index (κ2) is 10.8. The van der Waals surface area contributed by atoms with E-state index in [0.717, 1.165) is 17.7 Å². The van der Waals surface area contributed by atoms with E-state index in [4.69, 9.17) is 9.47 Å². The lowest BCUT2D eigenvalue weighted by molar-refractivity contribution is -0.206. The number of alkyl halides is 3. The second-order valence-corrected chi connectivity index (χ2v) is 6.34. The molecule has 0 saturated carbocycles. The summed E-state index contributed by atoms with van der Waals surface area (Å²) in [4.78, 5) is 12.1. The van der Waals surface area contributed by atoms with Crippen molar-refractivity contribution in [2.45, 2.75) is 38.1 Å². The Bertz CT molecular complexity index is 778. The molecule has 0 aliphatic heterocycles. The van der Waals surface area contributed by atoms with E-state index < -0.39 is 36.1 Å². The highest BCUT2D eigenvalue weighted by atomic mass is 19.4. The summed E-state index contributed by atoms with van der Waals surface area (Å²) in [5.41, 5.74) is 0.279. The van der Waals surface area contributed by atoms with Gasteiger partial charge in [0.1, 0.15) is 18.2 Å². The van der Waals surface area contributed by atoms with Crippen molar-refractivity contribution in [3.05, 3.63) is 65.5 Å². The molecular formula is C21H22F4O4. The number of halogens is 4. The van der Waals surface area contributed by atoms with Crippen molar-refractivity contribution in [1.82, 2.24) is 0 Å². The zero-order valence-corrected chi connectivity index (χ0v) is 15.9. The van der Waals surface area contributed by atoms with Crippen LogP contribution in [-0.4, -0.2) is 32.0 Å². The molecule has 0 N–H and O–H groups in total. The van der Waals surface area contributed by atoms with Gasteiger partial charge < -0.3 is 14.2 Å². The molecule has 0 fully saturated rings. The Kier molecular flexibility index (Phi) is 8.45. The van der Waals surface area contributed by atoms with E-state index in [9.17, 15) is 22.4 Å². The number of methoxy groups -OCH3 is 1. The van der Waals surface area contributed by atoms with Crippen molar-refractivity contribution in [2.75, 3.05) is 13.7 Å². The van der Waals surface area contributed by atoms with Crippen molar-refractivity contribution in [3.8, 4) is 5.75 Å². The van der Waals surface area contributed by atoms with Gasteiger partial charge >= 0.3 is 12.1 Å². The molecule has 0 saturated heterocycles. The fourth-order valence-corrected chi connectivity index (χ4v) is 2.55. The first-order chi connectivity index (χ1) is 13.8. The third kappa shape index (κ3) is 7.38. The number of hydrogen-bond acceptors (Lipinski definition) is 4. The lowest BCUT2D eigenvalue weighted by Crippen LogP contribution is -2.34. The van der Waals surface area contributed by atoms with Gasteiger partial charge in [0.2, 0.25) is 0 Å². The van der Waals surface area contributed by atoms with Gasteiger partial charge in [0.25, 0.3) is 0 Å². The number of unbranched alkanes of at least 4 members (excludes halogenated alkanes) is 1. The molecule has 0 aromatic heterocycles. The van der Waals surface area contributed by atoms with E-state index >= 15 is 0 Å². The van der Waals surface area contributed by atoms with Crippen LogP contribution in [0.4, 0.5) is 17.6 Å². The first-order valence-corrected chi connectivity index (χ1v) is 9.04. The summed E-state index contributed by atoms with van der Waals surface area (Å²) >= 11 is 0. The van der Waals surface area contributed by atoms with Crippen molar-refractivity contribution < 1.29 is 36.6 Å². The standard InChI is InChI=1S/C21H22F4O4/c1-27-12-6-5-9-19(21(23,24)25)29-20(26)17-11-10-16(13-18(17)22)28-14-15-7-3-2-4-8-15/h2-4,7-8,10-11,13,19H,5-6,9,12,14H2,1H3/t19-/m1/s1. The molecule has 158 valence electrons. The topological polar surface area (TPSA) is 44.8 Å². The minimum absolute atomic E-state index is 0.148. The van der Waals surface area contributed by atoms with Crippen LogP contribution in [0.2, 0.25) is 0 Å². The van der Waals surface area contributed by atoms with Gasteiger partial charge in [-0.3, -0.25) is 0 Å². The van der Waals surface area contributed by atoms with Gasteiger partial charge in [-0.05, 0) is 37.0 Å². The van der Waals surface area contributed by atoms with E-state index in [1.54, 1.807) is 0 Å². The maximum absolute atomic E-state index is 14.2. The summed E-state index contributed by atoms with van der Waals surface area (Å²) in [5, 5.41) is 0. The Labute approximate surface area is 166 Å². The van der Waals surface area contributed by atoms with E-state index in [1.165, 1.54) is 13.2 Å². The Hall–Kier alpha value is -2.61. The lowest BCUT2D eigenvalue weighted by Gasteiger charge is -2.21. The summed E-state index contributed by atoms with van der Waals surface area (Å²) in [5.74, 6) is -2.23. The van der Waals surface area contributed by atoms with Crippen molar-refractivity contribution in [3.63, 3.8) is 0 Å². The summed E-state index contributed by atoms with van der Waals surface area (Å²) in [7, 11) is 1.44. The molecule has 0 aliphatic rings. The third-order valence-electron chi connectivity index (χ3n) is 4.09. The normalized spacial score (nSPS) is 12.4. The minimum atomic E-state index is -4.74. The van der Waals surface area contributed by atoms with Crippen molar-refractivity contribution in [2.24, 2.45) is 0 Å². The quantitative estimate of drug-likeness (QED) is 0.300. The van der Waals surface area contributed by atoms with Crippen LogP contribution in [0.15, 0.2) is 48.5 Å². The van der Waals surface area contributed by atoms with Crippen LogP contribution in [-0.2, 0) is 16.1 Å².